The van der Waals surface area contributed by atoms with Gasteiger partial charge < -0.3 is 9.47 Å². The van der Waals surface area contributed by atoms with Gasteiger partial charge in [-0.3, -0.25) is 4.99 Å². The van der Waals surface area contributed by atoms with Crippen LogP contribution in [0.5, 0.6) is 11.5 Å². The third kappa shape index (κ3) is 5.58. The van der Waals surface area contributed by atoms with Gasteiger partial charge in [-0.15, -0.1) is 0 Å². The summed E-state index contributed by atoms with van der Waals surface area (Å²) < 4.78 is 26.2. The molecule has 3 aromatic carbocycles. The summed E-state index contributed by atoms with van der Waals surface area (Å²) >= 11 is 9.69. The van der Waals surface area contributed by atoms with E-state index in [1.807, 2.05) is 44.2 Å². The van der Waals surface area contributed by atoms with Crippen molar-refractivity contribution in [1.82, 2.24) is 0 Å². The molecule has 0 aliphatic heterocycles. The lowest BCUT2D eigenvalue weighted by atomic mass is 10.2. The zero-order valence-electron chi connectivity index (χ0n) is 16.1. The zero-order valence-corrected chi connectivity index (χ0v) is 18.4. The van der Waals surface area contributed by atoms with Crippen LogP contribution in [0.3, 0.4) is 0 Å². The Bertz CT molecular complexity index is 1040. The maximum atomic E-state index is 13.9. The molecule has 3 aromatic rings. The Morgan fingerprint density at radius 1 is 1.10 bits per heavy atom. The van der Waals surface area contributed by atoms with Gasteiger partial charge in [0.1, 0.15) is 12.4 Å². The summed E-state index contributed by atoms with van der Waals surface area (Å²) in [4.78, 5) is 4.48. The molecule has 0 amide bonds. The van der Waals surface area contributed by atoms with Crippen molar-refractivity contribution < 1.29 is 13.9 Å². The predicted octanol–water partition coefficient (Wildman–Crippen LogP) is 7.28. The first-order valence-electron chi connectivity index (χ1n) is 9.10. The normalized spacial score (nSPS) is 11.1. The molecule has 0 fully saturated rings. The van der Waals surface area contributed by atoms with E-state index in [2.05, 4.69) is 20.9 Å². The third-order valence-electron chi connectivity index (χ3n) is 4.18. The van der Waals surface area contributed by atoms with E-state index in [4.69, 9.17) is 21.1 Å². The molecule has 0 aliphatic carbocycles. The van der Waals surface area contributed by atoms with E-state index in [0.717, 1.165) is 16.8 Å². The molecule has 29 heavy (non-hydrogen) atoms. The molecule has 0 bridgehead atoms. The minimum Gasteiger partial charge on any atom is -0.490 e. The van der Waals surface area contributed by atoms with Crippen LogP contribution < -0.4 is 9.47 Å². The Labute approximate surface area is 183 Å². The first-order valence-corrected chi connectivity index (χ1v) is 10.3. The van der Waals surface area contributed by atoms with Crippen LogP contribution in [0.1, 0.15) is 23.6 Å². The van der Waals surface area contributed by atoms with Crippen LogP contribution in [0.2, 0.25) is 5.02 Å². The molecule has 0 saturated heterocycles. The van der Waals surface area contributed by atoms with Crippen LogP contribution in [-0.4, -0.2) is 12.8 Å². The van der Waals surface area contributed by atoms with Crippen molar-refractivity contribution in [2.75, 3.05) is 6.61 Å². The molecule has 0 atom stereocenters. The molecule has 0 radical (unpaired) electrons. The SMILES string of the molecule is CCOc1cc(C=Nc2ccc(C)c(Cl)c2)cc(Br)c1OCc1ccccc1F. The van der Waals surface area contributed by atoms with Crippen LogP contribution in [0.4, 0.5) is 10.1 Å². The number of aryl methyl sites for hydroxylation is 1. The second-order valence-corrected chi connectivity index (χ2v) is 7.60. The minimum atomic E-state index is -0.304. The van der Waals surface area contributed by atoms with Crippen LogP contribution in [-0.2, 0) is 6.61 Å². The highest BCUT2D eigenvalue weighted by Crippen LogP contribution is 2.37. The number of hydrogen-bond donors (Lipinski definition) is 0. The molecule has 0 unspecified atom stereocenters. The molecule has 150 valence electrons. The zero-order chi connectivity index (χ0) is 20.8. The smallest absolute Gasteiger partial charge is 0.175 e. The summed E-state index contributed by atoms with van der Waals surface area (Å²) in [5, 5.41) is 0.674. The van der Waals surface area contributed by atoms with Crippen LogP contribution >= 0.6 is 27.5 Å². The number of hydrogen-bond acceptors (Lipinski definition) is 3. The topological polar surface area (TPSA) is 30.8 Å². The number of rotatable bonds is 7. The first kappa shape index (κ1) is 21.3. The third-order valence-corrected chi connectivity index (χ3v) is 5.18. The second kappa shape index (κ2) is 9.90. The molecule has 0 saturated carbocycles. The maximum Gasteiger partial charge on any atom is 0.175 e. The molecule has 0 aliphatic rings. The Hall–Kier alpha value is -2.37. The highest BCUT2D eigenvalue weighted by molar-refractivity contribution is 9.10. The maximum absolute atomic E-state index is 13.9. The highest BCUT2D eigenvalue weighted by Gasteiger charge is 2.13. The van der Waals surface area contributed by atoms with Crippen LogP contribution in [0, 0.1) is 12.7 Å². The molecule has 0 heterocycles. The van der Waals surface area contributed by atoms with Crippen molar-refractivity contribution in [1.29, 1.82) is 0 Å². The van der Waals surface area contributed by atoms with Crippen molar-refractivity contribution >= 4 is 39.4 Å². The summed E-state index contributed by atoms with van der Waals surface area (Å²) in [6.07, 6.45) is 1.73. The van der Waals surface area contributed by atoms with E-state index < -0.39 is 0 Å². The van der Waals surface area contributed by atoms with E-state index >= 15 is 0 Å². The van der Waals surface area contributed by atoms with Gasteiger partial charge in [0.2, 0.25) is 0 Å². The van der Waals surface area contributed by atoms with Gasteiger partial charge in [-0.05, 0) is 71.2 Å². The summed E-state index contributed by atoms with van der Waals surface area (Å²) in [5.74, 6) is 0.773. The number of halogens is 3. The summed E-state index contributed by atoms with van der Waals surface area (Å²) in [7, 11) is 0. The van der Waals surface area contributed by atoms with Crippen molar-refractivity contribution in [3.63, 3.8) is 0 Å². The quantitative estimate of drug-likeness (QED) is 0.335. The highest BCUT2D eigenvalue weighted by atomic mass is 79.9. The van der Waals surface area contributed by atoms with Gasteiger partial charge in [-0.1, -0.05) is 35.9 Å². The largest absolute Gasteiger partial charge is 0.490 e. The van der Waals surface area contributed by atoms with Gasteiger partial charge in [-0.2, -0.15) is 0 Å². The van der Waals surface area contributed by atoms with Crippen molar-refractivity contribution in [2.45, 2.75) is 20.5 Å². The molecule has 0 spiro atoms. The van der Waals surface area contributed by atoms with E-state index in [1.165, 1.54) is 6.07 Å². The number of ether oxygens (including phenoxy) is 2. The fourth-order valence-electron chi connectivity index (χ4n) is 2.64. The molecular formula is C23H20BrClFNO2. The van der Waals surface area contributed by atoms with Crippen molar-refractivity contribution in [3.05, 3.63) is 86.6 Å². The monoisotopic (exact) mass is 475 g/mol. The number of aliphatic imine (C=N–C) groups is 1. The molecule has 3 rings (SSSR count). The molecule has 0 aromatic heterocycles. The van der Waals surface area contributed by atoms with Gasteiger partial charge in [0, 0.05) is 16.8 Å². The van der Waals surface area contributed by atoms with E-state index in [0.29, 0.717) is 33.2 Å². The van der Waals surface area contributed by atoms with Crippen molar-refractivity contribution in [2.24, 2.45) is 4.99 Å². The Morgan fingerprint density at radius 3 is 2.62 bits per heavy atom. The van der Waals surface area contributed by atoms with Gasteiger partial charge in [0.05, 0.1) is 16.8 Å². The second-order valence-electron chi connectivity index (χ2n) is 6.33. The fourth-order valence-corrected chi connectivity index (χ4v) is 3.39. The molecule has 3 nitrogen and oxygen atoms in total. The molecular weight excluding hydrogens is 457 g/mol. The first-order chi connectivity index (χ1) is 14.0. The van der Waals surface area contributed by atoms with E-state index in [1.54, 1.807) is 24.4 Å². The minimum absolute atomic E-state index is 0.0979. The Morgan fingerprint density at radius 2 is 1.90 bits per heavy atom. The van der Waals surface area contributed by atoms with E-state index in [-0.39, 0.29) is 12.4 Å². The average molecular weight is 477 g/mol. The average Bonchev–Trinajstić information content (AvgIpc) is 2.70. The Kier molecular flexibility index (Phi) is 7.29. The van der Waals surface area contributed by atoms with Crippen LogP contribution in [0.15, 0.2) is 64.1 Å². The lowest BCUT2D eigenvalue weighted by Gasteiger charge is -2.15. The summed E-state index contributed by atoms with van der Waals surface area (Å²) in [5.41, 5.74) is 3.07. The van der Waals surface area contributed by atoms with Gasteiger partial charge in [0.15, 0.2) is 11.5 Å². The summed E-state index contributed by atoms with van der Waals surface area (Å²) in [6.45, 7) is 4.41. The lowest BCUT2D eigenvalue weighted by Crippen LogP contribution is -2.02. The lowest BCUT2D eigenvalue weighted by molar-refractivity contribution is 0.264. The molecule has 6 heteroatoms. The van der Waals surface area contributed by atoms with Crippen molar-refractivity contribution in [3.8, 4) is 11.5 Å². The summed E-state index contributed by atoms with van der Waals surface area (Å²) in [6, 6.07) is 15.9. The Balaban J connectivity index is 1.84. The van der Waals surface area contributed by atoms with Gasteiger partial charge in [0.25, 0.3) is 0 Å². The molecule has 0 N–H and O–H groups in total. The predicted molar refractivity (Wildman–Crippen MR) is 119 cm³/mol. The van der Waals surface area contributed by atoms with E-state index in [9.17, 15) is 4.39 Å². The number of nitrogens with zero attached hydrogens (tertiary/aromatic N) is 1. The standard InChI is InChI=1S/C23H20BrClFNO2/c1-3-28-22-11-16(13-27-18-9-8-15(2)20(25)12-18)10-19(24)23(22)29-14-17-6-4-5-7-21(17)26/h4-13H,3,14H2,1-2H3. The number of benzene rings is 3. The fraction of sp³-hybridized carbons (Fsp3) is 0.174. The van der Waals surface area contributed by atoms with Crippen LogP contribution in [0.25, 0.3) is 0 Å². The van der Waals surface area contributed by atoms with Gasteiger partial charge >= 0.3 is 0 Å². The van der Waals surface area contributed by atoms with Gasteiger partial charge in [-0.25, -0.2) is 4.39 Å².